The van der Waals surface area contributed by atoms with Crippen molar-refractivity contribution in [2.45, 2.75) is 95.6 Å². The summed E-state index contributed by atoms with van der Waals surface area (Å²) in [4.78, 5) is 41.1. The van der Waals surface area contributed by atoms with Crippen LogP contribution in [0, 0.1) is 29.0 Å². The Labute approximate surface area is 244 Å². The highest BCUT2D eigenvalue weighted by Crippen LogP contribution is 2.49. The van der Waals surface area contributed by atoms with Crippen molar-refractivity contribution in [2.75, 3.05) is 13.7 Å². The van der Waals surface area contributed by atoms with Gasteiger partial charge in [-0.1, -0.05) is 25.4 Å². The minimum Gasteiger partial charge on any atom is -0.496 e. The van der Waals surface area contributed by atoms with E-state index >= 15 is 4.39 Å². The molecule has 1 heterocycles. The molecule has 11 heteroatoms. The molecule has 2 aromatic rings. The Morgan fingerprint density at radius 3 is 2.48 bits per heavy atom. The molecule has 2 amide bonds. The quantitative estimate of drug-likeness (QED) is 0.401. The highest BCUT2D eigenvalue weighted by atomic mass is 19.1. The van der Waals surface area contributed by atoms with Crippen LogP contribution in [0.1, 0.15) is 94.2 Å². The number of hydrogen-bond acceptors (Lipinski definition) is 7. The number of rotatable bonds is 9. The number of methoxy groups -OCH3 is 1. The summed E-state index contributed by atoms with van der Waals surface area (Å²) < 4.78 is 31.3. The number of carbonyl (C=O) groups is 2. The number of carbonyl (C=O) groups excluding carboxylic acids is 2. The van der Waals surface area contributed by atoms with E-state index in [1.165, 1.54) is 25.7 Å². The molecule has 2 bridgehead atoms. The van der Waals surface area contributed by atoms with E-state index in [1.807, 2.05) is 6.92 Å². The van der Waals surface area contributed by atoms with E-state index in [-0.39, 0.29) is 63.7 Å². The van der Waals surface area contributed by atoms with Gasteiger partial charge in [0.25, 0.3) is 5.91 Å². The van der Waals surface area contributed by atoms with Gasteiger partial charge in [0.15, 0.2) is 17.4 Å². The summed E-state index contributed by atoms with van der Waals surface area (Å²) in [5.74, 6) is -0.733. The molecular weight excluding hydrogens is 543 g/mol. The zero-order valence-electron chi connectivity index (χ0n) is 24.6. The zero-order chi connectivity index (χ0) is 29.6. The number of aromatic nitrogens is 2. The van der Waals surface area contributed by atoms with E-state index in [0.717, 1.165) is 32.1 Å². The Morgan fingerprint density at radius 2 is 1.83 bits per heavy atom. The molecule has 0 radical (unpaired) electrons. The average Bonchev–Trinajstić information content (AvgIpc) is 3.70. The summed E-state index contributed by atoms with van der Waals surface area (Å²) >= 11 is 0. The Hall–Kier alpha value is -3.37. The normalized spacial score (nSPS) is 31.3. The number of nitrogens with zero attached hydrogens (tertiary/aromatic N) is 1. The fourth-order valence-electron chi connectivity index (χ4n) is 7.71. The Morgan fingerprint density at radius 1 is 1.10 bits per heavy atom. The molecule has 3 N–H and O–H groups in total. The Bertz CT molecular complexity index is 1390. The van der Waals surface area contributed by atoms with Crippen LogP contribution in [0.3, 0.4) is 0 Å². The third kappa shape index (κ3) is 5.42. The Balaban J connectivity index is 1.14. The van der Waals surface area contributed by atoms with E-state index in [0.29, 0.717) is 38.1 Å². The number of aromatic amines is 1. The van der Waals surface area contributed by atoms with Crippen LogP contribution < -0.4 is 25.9 Å². The number of H-pyrrole nitrogens is 1. The van der Waals surface area contributed by atoms with Gasteiger partial charge in [0.05, 0.1) is 24.7 Å². The number of hydrogen-bond donors (Lipinski definition) is 3. The average molecular weight is 585 g/mol. The Kier molecular flexibility index (Phi) is 7.55. The van der Waals surface area contributed by atoms with Crippen molar-refractivity contribution in [1.82, 2.24) is 20.8 Å². The summed E-state index contributed by atoms with van der Waals surface area (Å²) in [5, 5.41) is 10.2. The number of benzene rings is 1. The van der Waals surface area contributed by atoms with Gasteiger partial charge in [-0.2, -0.15) is 0 Å². The highest BCUT2D eigenvalue weighted by molar-refractivity contribution is 5.98. The minimum atomic E-state index is -0.612. The fraction of sp³-hybridized carbons (Fsp3) is 0.677. The van der Waals surface area contributed by atoms with Crippen LogP contribution in [0.4, 0.5) is 4.39 Å². The molecule has 0 spiro atoms. The van der Waals surface area contributed by atoms with Gasteiger partial charge in [0.1, 0.15) is 5.75 Å². The van der Waals surface area contributed by atoms with Crippen molar-refractivity contribution in [2.24, 2.45) is 23.2 Å². The second-order valence-electron chi connectivity index (χ2n) is 13.5. The molecular formula is C31H41FN4O6. The molecule has 4 saturated carbocycles. The molecule has 1 aromatic heterocycles. The number of ether oxygens (including phenoxy) is 2. The smallest absolute Gasteiger partial charge is 0.438 e. The van der Waals surface area contributed by atoms with E-state index < -0.39 is 17.5 Å². The van der Waals surface area contributed by atoms with Crippen LogP contribution in [0.15, 0.2) is 21.5 Å². The van der Waals surface area contributed by atoms with Gasteiger partial charge in [0, 0.05) is 24.1 Å². The standard InChI is InChI=1S/C31H41FN4O6/c1-30(9-4-10-30)16-33-27(38)24-17-5-6-18(13-17)25(24)34-26(37)20-14-23(21(32)15-22(20)40-3)41-19-7-11-31(2,12-8-19)28-35-29(39)42-36-28/h14-15,17-19,24-25H,4-13,16H2,1-3H3,(H,33,38)(H,34,37)(H,35,36,39)/t17-,18+,19-,24+,25-,31+/m1/s1. The zero-order valence-corrected chi connectivity index (χ0v) is 24.6. The summed E-state index contributed by atoms with van der Waals surface area (Å²) in [5.41, 5.74) is -0.0107. The summed E-state index contributed by atoms with van der Waals surface area (Å²) in [6.45, 7) is 4.88. The van der Waals surface area contributed by atoms with Crippen molar-refractivity contribution >= 4 is 11.8 Å². The second kappa shape index (κ2) is 11.0. The van der Waals surface area contributed by atoms with Gasteiger partial charge >= 0.3 is 5.76 Å². The first-order valence-electron chi connectivity index (χ1n) is 15.3. The van der Waals surface area contributed by atoms with Crippen LogP contribution in [0.5, 0.6) is 11.5 Å². The second-order valence-corrected chi connectivity index (χ2v) is 13.5. The number of nitrogens with one attached hydrogen (secondary N) is 3. The lowest BCUT2D eigenvalue weighted by molar-refractivity contribution is -0.128. The van der Waals surface area contributed by atoms with Crippen molar-refractivity contribution in [1.29, 1.82) is 0 Å². The summed E-state index contributed by atoms with van der Waals surface area (Å²) in [6, 6.07) is 2.32. The van der Waals surface area contributed by atoms with Gasteiger partial charge in [-0.25, -0.2) is 9.18 Å². The SMILES string of the molecule is COc1cc(F)c(O[C@H]2CC[C@@](C)(c3noc(=O)[nH]3)CC2)cc1C(=O)N[C@@H]1[C@H]2CC[C@H](C2)[C@@H]1C(=O)NCC1(C)CCC1. The monoisotopic (exact) mass is 584 g/mol. The molecule has 4 atom stereocenters. The fourth-order valence-corrected chi connectivity index (χ4v) is 7.71. The minimum absolute atomic E-state index is 0.0135. The molecule has 0 saturated heterocycles. The predicted molar refractivity (Wildman–Crippen MR) is 151 cm³/mol. The van der Waals surface area contributed by atoms with Crippen LogP contribution in [-0.4, -0.2) is 47.8 Å². The molecule has 42 heavy (non-hydrogen) atoms. The molecule has 0 aliphatic heterocycles. The number of amides is 2. The molecule has 4 aliphatic carbocycles. The van der Waals surface area contributed by atoms with Gasteiger partial charge in [0.2, 0.25) is 5.91 Å². The first-order valence-corrected chi connectivity index (χ1v) is 15.3. The lowest BCUT2D eigenvalue weighted by Gasteiger charge is -2.39. The van der Waals surface area contributed by atoms with E-state index in [2.05, 4.69) is 32.2 Å². The third-order valence-corrected chi connectivity index (χ3v) is 10.6. The van der Waals surface area contributed by atoms with Crippen LogP contribution in [0.2, 0.25) is 0 Å². The van der Waals surface area contributed by atoms with Crippen molar-refractivity contribution < 1.29 is 28.0 Å². The van der Waals surface area contributed by atoms with Gasteiger partial charge in [-0.15, -0.1) is 0 Å². The maximum absolute atomic E-state index is 15.1. The first kappa shape index (κ1) is 28.7. The number of fused-ring (bicyclic) bond motifs is 2. The molecule has 228 valence electrons. The number of halogens is 1. The van der Waals surface area contributed by atoms with E-state index in [9.17, 15) is 14.4 Å². The van der Waals surface area contributed by atoms with E-state index in [4.69, 9.17) is 9.47 Å². The first-order chi connectivity index (χ1) is 20.1. The van der Waals surface area contributed by atoms with E-state index in [1.54, 1.807) is 0 Å². The topological polar surface area (TPSA) is 136 Å². The molecule has 6 rings (SSSR count). The van der Waals surface area contributed by atoms with Crippen molar-refractivity contribution in [3.63, 3.8) is 0 Å². The van der Waals surface area contributed by atoms with Gasteiger partial charge in [-0.05, 0) is 81.1 Å². The van der Waals surface area contributed by atoms with Crippen LogP contribution in [-0.2, 0) is 10.2 Å². The van der Waals surface area contributed by atoms with Crippen LogP contribution in [0.25, 0.3) is 0 Å². The molecule has 0 unspecified atom stereocenters. The molecule has 4 fully saturated rings. The van der Waals surface area contributed by atoms with Gasteiger partial charge < -0.3 is 20.1 Å². The third-order valence-electron chi connectivity index (χ3n) is 10.6. The maximum Gasteiger partial charge on any atom is 0.438 e. The molecule has 4 aliphatic rings. The van der Waals surface area contributed by atoms with Crippen molar-refractivity contribution in [3.8, 4) is 11.5 Å². The maximum atomic E-state index is 15.1. The van der Waals surface area contributed by atoms with Crippen molar-refractivity contribution in [3.05, 3.63) is 39.9 Å². The largest absolute Gasteiger partial charge is 0.496 e. The highest BCUT2D eigenvalue weighted by Gasteiger charge is 2.51. The van der Waals surface area contributed by atoms with Crippen LogP contribution >= 0.6 is 0 Å². The lowest BCUT2D eigenvalue weighted by Crippen LogP contribution is -2.51. The molecule has 10 nitrogen and oxygen atoms in total. The summed E-state index contributed by atoms with van der Waals surface area (Å²) in [7, 11) is 1.40. The summed E-state index contributed by atoms with van der Waals surface area (Å²) in [6.07, 6.45) is 8.64. The predicted octanol–water partition coefficient (Wildman–Crippen LogP) is 4.24. The van der Waals surface area contributed by atoms with Gasteiger partial charge in [-0.3, -0.25) is 19.1 Å². The molecule has 1 aromatic carbocycles. The lowest BCUT2D eigenvalue weighted by atomic mass is 9.70.